The number of anilines is 1. The predicted molar refractivity (Wildman–Crippen MR) is 66.8 cm³/mol. The zero-order valence-corrected chi connectivity index (χ0v) is 10.3. The van der Waals surface area contributed by atoms with Gasteiger partial charge in [0.05, 0.1) is 11.7 Å². The predicted octanol–water partition coefficient (Wildman–Crippen LogP) is 2.32. The largest absolute Gasteiger partial charge is 0.354 e. The third-order valence-electron chi connectivity index (χ3n) is 2.06. The van der Waals surface area contributed by atoms with Crippen LogP contribution in [0.5, 0.6) is 0 Å². The molecule has 2 rings (SSSR count). The Morgan fingerprint density at radius 3 is 2.73 bits per heavy atom. The number of hydrogen-bond donors (Lipinski definition) is 1. The molecule has 2 aromatic heterocycles. The lowest BCUT2D eigenvalue weighted by Gasteiger charge is -2.07. The minimum absolute atomic E-state index is 0.0880. The highest BCUT2D eigenvalue weighted by molar-refractivity contribution is 7.13. The zero-order valence-electron chi connectivity index (χ0n) is 8.68. The Hall–Kier alpha value is -0.910. The van der Waals surface area contributed by atoms with Crippen LogP contribution in [-0.4, -0.2) is 19.1 Å². The monoisotopic (exact) mass is 239 g/mol. The molecule has 0 aliphatic carbocycles. The molecule has 0 saturated carbocycles. The summed E-state index contributed by atoms with van der Waals surface area (Å²) >= 11 is 3.29. The first-order chi connectivity index (χ1) is 7.18. The number of aromatic nitrogens is 1. The van der Waals surface area contributed by atoms with Crippen LogP contribution >= 0.6 is 22.7 Å². The second kappa shape index (κ2) is 4.30. The van der Waals surface area contributed by atoms with Crippen molar-refractivity contribution in [3.63, 3.8) is 0 Å². The van der Waals surface area contributed by atoms with Crippen molar-refractivity contribution in [3.05, 3.63) is 33.5 Å². The maximum absolute atomic E-state index is 6.11. The lowest BCUT2D eigenvalue weighted by atomic mass is 10.2. The van der Waals surface area contributed by atoms with Gasteiger partial charge in [-0.25, -0.2) is 4.98 Å². The molecule has 2 N–H and O–H groups in total. The Morgan fingerprint density at radius 2 is 2.20 bits per heavy atom. The smallest absolute Gasteiger partial charge is 0.185 e. The molecule has 15 heavy (non-hydrogen) atoms. The summed E-state index contributed by atoms with van der Waals surface area (Å²) in [6.07, 6.45) is 0. The van der Waals surface area contributed by atoms with Crippen molar-refractivity contribution in [2.24, 2.45) is 5.73 Å². The van der Waals surface area contributed by atoms with Crippen LogP contribution in [0.1, 0.15) is 16.6 Å². The van der Waals surface area contributed by atoms with Crippen LogP contribution in [0.4, 0.5) is 5.13 Å². The SMILES string of the molecule is CN(C)c1nc(C(N)c2cccs2)cs1. The van der Waals surface area contributed by atoms with Crippen LogP contribution in [-0.2, 0) is 0 Å². The van der Waals surface area contributed by atoms with Gasteiger partial charge in [0.15, 0.2) is 5.13 Å². The van der Waals surface area contributed by atoms with Crippen LogP contribution < -0.4 is 10.6 Å². The first-order valence-electron chi connectivity index (χ1n) is 4.60. The highest BCUT2D eigenvalue weighted by Crippen LogP contribution is 2.27. The van der Waals surface area contributed by atoms with Gasteiger partial charge in [-0.3, -0.25) is 0 Å². The van der Waals surface area contributed by atoms with Crippen LogP contribution in [0.3, 0.4) is 0 Å². The molecule has 5 heteroatoms. The molecule has 0 aromatic carbocycles. The van der Waals surface area contributed by atoms with Crippen molar-refractivity contribution in [2.75, 3.05) is 19.0 Å². The summed E-state index contributed by atoms with van der Waals surface area (Å²) in [5.41, 5.74) is 7.06. The summed E-state index contributed by atoms with van der Waals surface area (Å²) in [6.45, 7) is 0. The van der Waals surface area contributed by atoms with E-state index in [0.29, 0.717) is 0 Å². The summed E-state index contributed by atoms with van der Waals surface area (Å²) in [5.74, 6) is 0. The second-order valence-electron chi connectivity index (χ2n) is 3.44. The van der Waals surface area contributed by atoms with Gasteiger partial charge in [-0.05, 0) is 11.4 Å². The Morgan fingerprint density at radius 1 is 1.40 bits per heavy atom. The Balaban J connectivity index is 2.23. The van der Waals surface area contributed by atoms with Crippen LogP contribution in [0.2, 0.25) is 0 Å². The fourth-order valence-electron chi connectivity index (χ4n) is 1.24. The van der Waals surface area contributed by atoms with Crippen molar-refractivity contribution in [3.8, 4) is 0 Å². The van der Waals surface area contributed by atoms with Crippen molar-refractivity contribution < 1.29 is 0 Å². The average molecular weight is 239 g/mol. The van der Waals surface area contributed by atoms with Gasteiger partial charge in [-0.15, -0.1) is 22.7 Å². The van der Waals surface area contributed by atoms with E-state index in [1.807, 2.05) is 41.9 Å². The minimum atomic E-state index is -0.0880. The van der Waals surface area contributed by atoms with Gasteiger partial charge in [0.2, 0.25) is 0 Å². The van der Waals surface area contributed by atoms with E-state index in [9.17, 15) is 0 Å². The summed E-state index contributed by atoms with van der Waals surface area (Å²) in [4.78, 5) is 7.65. The van der Waals surface area contributed by atoms with Gasteiger partial charge in [0, 0.05) is 24.4 Å². The Kier molecular flexibility index (Phi) is 3.04. The third kappa shape index (κ3) is 2.19. The van der Waals surface area contributed by atoms with Crippen LogP contribution in [0, 0.1) is 0 Å². The molecule has 0 spiro atoms. The molecule has 0 amide bonds. The molecule has 0 bridgehead atoms. The van der Waals surface area contributed by atoms with Crippen LogP contribution in [0.25, 0.3) is 0 Å². The molecule has 0 saturated heterocycles. The van der Waals surface area contributed by atoms with E-state index in [0.717, 1.165) is 15.7 Å². The maximum Gasteiger partial charge on any atom is 0.185 e. The topological polar surface area (TPSA) is 42.2 Å². The van der Waals surface area contributed by atoms with Gasteiger partial charge in [0.25, 0.3) is 0 Å². The number of nitrogens with two attached hydrogens (primary N) is 1. The summed E-state index contributed by atoms with van der Waals surface area (Å²) < 4.78 is 0. The van der Waals surface area contributed by atoms with E-state index in [2.05, 4.69) is 4.98 Å². The highest BCUT2D eigenvalue weighted by atomic mass is 32.1. The molecular weight excluding hydrogens is 226 g/mol. The van der Waals surface area contributed by atoms with Crippen molar-refractivity contribution >= 4 is 27.8 Å². The minimum Gasteiger partial charge on any atom is -0.354 e. The number of thiophene rings is 1. The van der Waals surface area contributed by atoms with Crippen LogP contribution in [0.15, 0.2) is 22.9 Å². The molecule has 0 radical (unpaired) electrons. The normalized spacial score (nSPS) is 12.7. The molecule has 1 unspecified atom stereocenters. The van der Waals surface area contributed by atoms with E-state index in [-0.39, 0.29) is 6.04 Å². The van der Waals surface area contributed by atoms with E-state index >= 15 is 0 Å². The molecule has 2 aromatic rings. The molecule has 0 aliphatic heterocycles. The van der Waals surface area contributed by atoms with Gasteiger partial charge in [0.1, 0.15) is 0 Å². The van der Waals surface area contributed by atoms with E-state index in [1.165, 1.54) is 0 Å². The van der Waals surface area contributed by atoms with Crippen molar-refractivity contribution in [2.45, 2.75) is 6.04 Å². The number of thiazole rings is 1. The Bertz CT molecular complexity index is 420. The van der Waals surface area contributed by atoms with Crippen molar-refractivity contribution in [1.29, 1.82) is 0 Å². The summed E-state index contributed by atoms with van der Waals surface area (Å²) in [7, 11) is 3.97. The number of rotatable bonds is 3. The number of nitrogens with zero attached hydrogens (tertiary/aromatic N) is 2. The fraction of sp³-hybridized carbons (Fsp3) is 0.300. The summed E-state index contributed by atoms with van der Waals surface area (Å²) in [6, 6.07) is 3.97. The first-order valence-corrected chi connectivity index (χ1v) is 6.36. The lowest BCUT2D eigenvalue weighted by Crippen LogP contribution is -2.12. The molecule has 2 heterocycles. The van der Waals surface area contributed by atoms with Gasteiger partial charge in [-0.2, -0.15) is 0 Å². The van der Waals surface area contributed by atoms with Gasteiger partial charge >= 0.3 is 0 Å². The average Bonchev–Trinajstić information content (AvgIpc) is 2.88. The first kappa shape index (κ1) is 10.6. The van der Waals surface area contributed by atoms with E-state index in [4.69, 9.17) is 5.73 Å². The summed E-state index contributed by atoms with van der Waals surface area (Å²) in [5, 5.41) is 5.06. The Labute approximate surface area is 97.2 Å². The van der Waals surface area contributed by atoms with Gasteiger partial charge < -0.3 is 10.6 Å². The number of hydrogen-bond acceptors (Lipinski definition) is 5. The molecular formula is C10H13N3S2. The highest BCUT2D eigenvalue weighted by Gasteiger charge is 2.14. The molecule has 1 atom stereocenters. The zero-order chi connectivity index (χ0) is 10.8. The van der Waals surface area contributed by atoms with E-state index < -0.39 is 0 Å². The standard InChI is InChI=1S/C10H13N3S2/c1-13(2)10-12-7(6-15-10)9(11)8-4-3-5-14-8/h3-6,9H,11H2,1-2H3. The molecule has 3 nitrogen and oxygen atoms in total. The third-order valence-corrected chi connectivity index (χ3v) is 4.04. The van der Waals surface area contributed by atoms with Gasteiger partial charge in [-0.1, -0.05) is 6.07 Å². The lowest BCUT2D eigenvalue weighted by molar-refractivity contribution is 0.854. The fourth-order valence-corrected chi connectivity index (χ4v) is 2.77. The molecule has 0 fully saturated rings. The molecule has 0 aliphatic rings. The second-order valence-corrected chi connectivity index (χ2v) is 5.26. The maximum atomic E-state index is 6.11. The molecule has 80 valence electrons. The van der Waals surface area contributed by atoms with E-state index in [1.54, 1.807) is 22.7 Å². The van der Waals surface area contributed by atoms with Crippen molar-refractivity contribution in [1.82, 2.24) is 4.98 Å². The quantitative estimate of drug-likeness (QED) is 0.893.